The van der Waals surface area contributed by atoms with E-state index >= 15 is 0 Å². The molecule has 0 saturated heterocycles. The van der Waals surface area contributed by atoms with Gasteiger partial charge in [0.05, 0.1) is 9.95 Å². The minimum atomic E-state index is -0.474. The van der Waals surface area contributed by atoms with Crippen LogP contribution in [0.15, 0.2) is 18.3 Å². The molecule has 0 atom stereocenters. The number of aryl methyl sites for hydroxylation is 1. The molecule has 72 valence electrons. The molecule has 0 N–H and O–H groups in total. The van der Waals surface area contributed by atoms with E-state index in [0.29, 0.717) is 15.9 Å². The van der Waals surface area contributed by atoms with E-state index in [9.17, 15) is 10.1 Å². The first-order chi connectivity index (χ1) is 6.58. The molecule has 0 spiro atoms. The molecule has 0 fully saturated rings. The van der Waals surface area contributed by atoms with Crippen molar-refractivity contribution in [1.82, 2.24) is 9.78 Å². The second kappa shape index (κ2) is 2.95. The zero-order chi connectivity index (χ0) is 10.3. The van der Waals surface area contributed by atoms with Gasteiger partial charge in [0.25, 0.3) is 5.69 Å². The molecule has 0 aliphatic heterocycles. The van der Waals surface area contributed by atoms with Gasteiger partial charge >= 0.3 is 0 Å². The molecule has 0 saturated carbocycles. The highest BCUT2D eigenvalue weighted by molar-refractivity contribution is 6.35. The molecular weight excluding hydrogens is 206 g/mol. The molecule has 6 heteroatoms. The first-order valence-electron chi connectivity index (χ1n) is 3.85. The predicted octanol–water partition coefficient (Wildman–Crippen LogP) is 2.13. The number of non-ortho nitro benzene ring substituents is 1. The lowest BCUT2D eigenvalue weighted by Gasteiger charge is -1.93. The SMILES string of the molecule is Cn1cc2cc([N+](=O)[O-])cc(Cl)c2n1. The molecule has 0 bridgehead atoms. The lowest BCUT2D eigenvalue weighted by Crippen LogP contribution is -1.87. The highest BCUT2D eigenvalue weighted by atomic mass is 35.5. The standard InChI is InChI=1S/C8H6ClN3O2/c1-11-4-5-2-6(12(13)14)3-7(9)8(5)10-11/h2-4H,1H3. The van der Waals surface area contributed by atoms with Gasteiger partial charge in [-0.05, 0) is 0 Å². The van der Waals surface area contributed by atoms with Crippen LogP contribution in [-0.4, -0.2) is 14.7 Å². The van der Waals surface area contributed by atoms with Gasteiger partial charge in [-0.15, -0.1) is 0 Å². The van der Waals surface area contributed by atoms with Crippen LogP contribution >= 0.6 is 11.6 Å². The lowest BCUT2D eigenvalue weighted by atomic mass is 10.2. The Labute approximate surface area is 84.0 Å². The van der Waals surface area contributed by atoms with Crippen molar-refractivity contribution in [1.29, 1.82) is 0 Å². The fourth-order valence-electron chi connectivity index (χ4n) is 1.30. The Balaban J connectivity index is 2.77. The third-order valence-electron chi connectivity index (χ3n) is 1.87. The smallest absolute Gasteiger partial charge is 0.271 e. The summed E-state index contributed by atoms with van der Waals surface area (Å²) in [5.74, 6) is 0. The van der Waals surface area contributed by atoms with Crippen molar-refractivity contribution in [2.75, 3.05) is 0 Å². The molecule has 5 nitrogen and oxygen atoms in total. The van der Waals surface area contributed by atoms with Gasteiger partial charge in [-0.1, -0.05) is 11.6 Å². The van der Waals surface area contributed by atoms with Gasteiger partial charge < -0.3 is 0 Å². The van der Waals surface area contributed by atoms with Crippen LogP contribution in [0.5, 0.6) is 0 Å². The van der Waals surface area contributed by atoms with Crippen molar-refractivity contribution in [2.24, 2.45) is 7.05 Å². The number of nitrogens with zero attached hydrogens (tertiary/aromatic N) is 3. The number of benzene rings is 1. The van der Waals surface area contributed by atoms with Gasteiger partial charge in [0.15, 0.2) is 0 Å². The highest BCUT2D eigenvalue weighted by Crippen LogP contribution is 2.27. The highest BCUT2D eigenvalue weighted by Gasteiger charge is 2.12. The van der Waals surface area contributed by atoms with E-state index < -0.39 is 4.92 Å². The number of nitro groups is 1. The van der Waals surface area contributed by atoms with Crippen LogP contribution in [0.2, 0.25) is 5.02 Å². The van der Waals surface area contributed by atoms with E-state index in [0.717, 1.165) is 0 Å². The zero-order valence-electron chi connectivity index (χ0n) is 7.27. The Kier molecular flexibility index (Phi) is 1.89. The molecule has 1 aromatic heterocycles. The van der Waals surface area contributed by atoms with Gasteiger partial charge in [0.2, 0.25) is 0 Å². The fraction of sp³-hybridized carbons (Fsp3) is 0.125. The lowest BCUT2D eigenvalue weighted by molar-refractivity contribution is -0.384. The Morgan fingerprint density at radius 1 is 1.57 bits per heavy atom. The van der Waals surface area contributed by atoms with Crippen LogP contribution in [0.3, 0.4) is 0 Å². The Bertz CT molecular complexity index is 521. The molecule has 1 aromatic carbocycles. The average Bonchev–Trinajstić information content (AvgIpc) is 2.45. The summed E-state index contributed by atoms with van der Waals surface area (Å²) < 4.78 is 1.57. The summed E-state index contributed by atoms with van der Waals surface area (Å²) in [4.78, 5) is 10.0. The molecule has 0 radical (unpaired) electrons. The molecule has 0 aliphatic rings. The van der Waals surface area contributed by atoms with Crippen molar-refractivity contribution >= 4 is 28.2 Å². The maximum atomic E-state index is 10.5. The number of nitro benzene ring substituents is 1. The second-order valence-electron chi connectivity index (χ2n) is 2.93. The monoisotopic (exact) mass is 211 g/mol. The molecule has 0 unspecified atom stereocenters. The maximum Gasteiger partial charge on any atom is 0.271 e. The molecule has 1 heterocycles. The molecule has 0 aliphatic carbocycles. The van der Waals surface area contributed by atoms with Gasteiger partial charge in [-0.2, -0.15) is 5.10 Å². The topological polar surface area (TPSA) is 61.0 Å². The molecule has 2 rings (SSSR count). The molecule has 0 amide bonds. The van der Waals surface area contributed by atoms with Crippen molar-refractivity contribution in [3.8, 4) is 0 Å². The van der Waals surface area contributed by atoms with E-state index in [1.165, 1.54) is 12.1 Å². The molecule has 14 heavy (non-hydrogen) atoms. The van der Waals surface area contributed by atoms with Crippen LogP contribution in [0.25, 0.3) is 10.9 Å². The van der Waals surface area contributed by atoms with Crippen molar-refractivity contribution < 1.29 is 4.92 Å². The largest absolute Gasteiger partial charge is 0.275 e. The number of halogens is 1. The van der Waals surface area contributed by atoms with Crippen molar-refractivity contribution in [2.45, 2.75) is 0 Å². The van der Waals surface area contributed by atoms with E-state index in [4.69, 9.17) is 11.6 Å². The van der Waals surface area contributed by atoms with Crippen LogP contribution in [-0.2, 0) is 7.05 Å². The summed E-state index contributed by atoms with van der Waals surface area (Å²) in [6, 6.07) is 2.76. The van der Waals surface area contributed by atoms with Gasteiger partial charge in [0.1, 0.15) is 5.52 Å². The number of hydrogen-bond donors (Lipinski definition) is 0. The maximum absolute atomic E-state index is 10.5. The molecular formula is C8H6ClN3O2. The number of aromatic nitrogens is 2. The number of rotatable bonds is 1. The summed E-state index contributed by atoms with van der Waals surface area (Å²) in [7, 11) is 1.74. The minimum absolute atomic E-state index is 0.0181. The first-order valence-corrected chi connectivity index (χ1v) is 4.23. The summed E-state index contributed by atoms with van der Waals surface area (Å²) in [5, 5.41) is 15.6. The average molecular weight is 212 g/mol. The van der Waals surface area contributed by atoms with Crippen LogP contribution in [0, 0.1) is 10.1 Å². The fourth-order valence-corrected chi connectivity index (χ4v) is 1.56. The van der Waals surface area contributed by atoms with E-state index in [1.807, 2.05) is 0 Å². The van der Waals surface area contributed by atoms with Gasteiger partial charge in [-0.25, -0.2) is 0 Å². The van der Waals surface area contributed by atoms with E-state index in [2.05, 4.69) is 5.10 Å². The van der Waals surface area contributed by atoms with E-state index in [1.54, 1.807) is 17.9 Å². The first kappa shape index (κ1) is 8.96. The van der Waals surface area contributed by atoms with Crippen LogP contribution in [0.1, 0.15) is 0 Å². The van der Waals surface area contributed by atoms with Gasteiger partial charge in [0, 0.05) is 30.8 Å². The van der Waals surface area contributed by atoms with E-state index in [-0.39, 0.29) is 5.69 Å². The van der Waals surface area contributed by atoms with Crippen LogP contribution in [0.4, 0.5) is 5.69 Å². The number of hydrogen-bond acceptors (Lipinski definition) is 3. The zero-order valence-corrected chi connectivity index (χ0v) is 8.02. The second-order valence-corrected chi connectivity index (χ2v) is 3.33. The normalized spacial score (nSPS) is 10.7. The summed E-state index contributed by atoms with van der Waals surface area (Å²) in [6.45, 7) is 0. The van der Waals surface area contributed by atoms with Crippen molar-refractivity contribution in [3.63, 3.8) is 0 Å². The Morgan fingerprint density at radius 2 is 2.29 bits per heavy atom. The Morgan fingerprint density at radius 3 is 2.93 bits per heavy atom. The van der Waals surface area contributed by atoms with Crippen LogP contribution < -0.4 is 0 Å². The number of fused-ring (bicyclic) bond motifs is 1. The Hall–Kier alpha value is -1.62. The summed E-state index contributed by atoms with van der Waals surface area (Å²) >= 11 is 5.84. The predicted molar refractivity (Wildman–Crippen MR) is 52.4 cm³/mol. The third kappa shape index (κ3) is 1.31. The quantitative estimate of drug-likeness (QED) is 0.536. The summed E-state index contributed by atoms with van der Waals surface area (Å²) in [6.07, 6.45) is 1.69. The van der Waals surface area contributed by atoms with Crippen molar-refractivity contribution in [3.05, 3.63) is 33.5 Å². The summed E-state index contributed by atoms with van der Waals surface area (Å²) in [5.41, 5.74) is 0.565. The molecule has 2 aromatic rings. The third-order valence-corrected chi connectivity index (χ3v) is 2.16. The van der Waals surface area contributed by atoms with Gasteiger partial charge in [-0.3, -0.25) is 14.8 Å². The minimum Gasteiger partial charge on any atom is -0.275 e.